The molecule has 0 fully saturated rings. The summed E-state index contributed by atoms with van der Waals surface area (Å²) in [6, 6.07) is 5.94. The van der Waals surface area contributed by atoms with E-state index in [4.69, 9.17) is 0 Å². The van der Waals surface area contributed by atoms with Gasteiger partial charge in [-0.2, -0.15) is 0 Å². The molecule has 0 saturated heterocycles. The largest absolute Gasteiger partial charge is 0.507 e. The molecule has 0 amide bonds. The lowest BCUT2D eigenvalue weighted by Gasteiger charge is -2.17. The molecule has 0 bridgehead atoms. The SMILES string of the molecule is CC(O)c1cc2c(n1C)C(=O)c1cccc(O)c1C2=O. The fourth-order valence-electron chi connectivity index (χ4n) is 2.70. The van der Waals surface area contributed by atoms with Crippen molar-refractivity contribution in [2.24, 2.45) is 7.05 Å². The van der Waals surface area contributed by atoms with Crippen LogP contribution >= 0.6 is 0 Å². The molecule has 1 aliphatic carbocycles. The minimum atomic E-state index is -0.789. The van der Waals surface area contributed by atoms with Crippen LogP contribution in [0, 0.1) is 0 Å². The Kier molecular flexibility index (Phi) is 2.55. The molecule has 2 aromatic rings. The Bertz CT molecular complexity index is 753. The summed E-state index contributed by atoms with van der Waals surface area (Å²) in [5.74, 6) is -0.913. The lowest BCUT2D eigenvalue weighted by Crippen LogP contribution is -2.22. The highest BCUT2D eigenvalue weighted by atomic mass is 16.3. The fourth-order valence-corrected chi connectivity index (χ4v) is 2.70. The molecule has 1 aromatic carbocycles. The minimum absolute atomic E-state index is 0.0349. The third kappa shape index (κ3) is 1.47. The second-order valence-electron chi connectivity index (χ2n) is 4.92. The molecule has 0 aliphatic heterocycles. The molecule has 3 rings (SSSR count). The average Bonchev–Trinajstić information content (AvgIpc) is 2.74. The summed E-state index contributed by atoms with van der Waals surface area (Å²) in [7, 11) is 1.64. The molecule has 1 aromatic heterocycles. The highest BCUT2D eigenvalue weighted by molar-refractivity contribution is 6.29. The Morgan fingerprint density at radius 3 is 2.50 bits per heavy atom. The number of rotatable bonds is 1. The van der Waals surface area contributed by atoms with E-state index in [-0.39, 0.29) is 33.9 Å². The first-order chi connectivity index (χ1) is 9.43. The maximum Gasteiger partial charge on any atom is 0.211 e. The van der Waals surface area contributed by atoms with E-state index in [0.717, 1.165) is 0 Å². The number of aliphatic hydroxyl groups is 1. The lowest BCUT2D eigenvalue weighted by molar-refractivity contribution is 0.0971. The predicted molar refractivity (Wildman–Crippen MR) is 71.0 cm³/mol. The number of benzene rings is 1. The number of fused-ring (bicyclic) bond motifs is 2. The number of aromatic hydroxyl groups is 1. The van der Waals surface area contributed by atoms with Crippen LogP contribution < -0.4 is 0 Å². The van der Waals surface area contributed by atoms with Gasteiger partial charge in [-0.3, -0.25) is 9.59 Å². The van der Waals surface area contributed by atoms with E-state index in [0.29, 0.717) is 5.69 Å². The Morgan fingerprint density at radius 2 is 1.85 bits per heavy atom. The van der Waals surface area contributed by atoms with E-state index < -0.39 is 11.9 Å². The number of phenols is 1. The van der Waals surface area contributed by atoms with Crippen molar-refractivity contribution in [3.05, 3.63) is 52.3 Å². The molecule has 1 atom stereocenters. The van der Waals surface area contributed by atoms with Crippen LogP contribution in [-0.2, 0) is 7.05 Å². The zero-order valence-electron chi connectivity index (χ0n) is 11.0. The Balaban J connectivity index is 2.33. The van der Waals surface area contributed by atoms with Crippen molar-refractivity contribution in [2.75, 3.05) is 0 Å². The van der Waals surface area contributed by atoms with Crippen molar-refractivity contribution >= 4 is 11.6 Å². The van der Waals surface area contributed by atoms with Crippen molar-refractivity contribution < 1.29 is 19.8 Å². The number of hydrogen-bond donors (Lipinski definition) is 2. The van der Waals surface area contributed by atoms with Crippen molar-refractivity contribution in [3.8, 4) is 5.75 Å². The summed E-state index contributed by atoms with van der Waals surface area (Å²) in [6.45, 7) is 1.57. The van der Waals surface area contributed by atoms with Gasteiger partial charge in [-0.25, -0.2) is 0 Å². The second-order valence-corrected chi connectivity index (χ2v) is 4.92. The standard InChI is InChI=1S/C15H13NO4/c1-7(17)10-6-9-13(16(10)2)15(20)8-4-3-5-11(18)12(8)14(9)19/h3-7,17-18H,1-2H3. The number of phenolic OH excluding ortho intramolecular Hbond substituents is 1. The molecule has 1 unspecified atom stereocenters. The highest BCUT2D eigenvalue weighted by Gasteiger charge is 2.35. The molecule has 20 heavy (non-hydrogen) atoms. The molecular weight excluding hydrogens is 258 g/mol. The summed E-state index contributed by atoms with van der Waals surface area (Å²) in [4.78, 5) is 25.0. The summed E-state index contributed by atoms with van der Waals surface area (Å²) in [6.07, 6.45) is -0.789. The maximum atomic E-state index is 12.5. The summed E-state index contributed by atoms with van der Waals surface area (Å²) < 4.78 is 1.53. The first-order valence-electron chi connectivity index (χ1n) is 6.22. The molecular formula is C15H13NO4. The third-order valence-electron chi connectivity index (χ3n) is 3.67. The number of carbonyl (C=O) groups is 2. The van der Waals surface area contributed by atoms with E-state index >= 15 is 0 Å². The van der Waals surface area contributed by atoms with Crippen LogP contribution in [-0.4, -0.2) is 26.3 Å². The van der Waals surface area contributed by atoms with Crippen molar-refractivity contribution in [1.29, 1.82) is 0 Å². The molecule has 102 valence electrons. The number of nitrogens with zero attached hydrogens (tertiary/aromatic N) is 1. The number of ketones is 2. The van der Waals surface area contributed by atoms with Crippen LogP contribution in [0.25, 0.3) is 0 Å². The predicted octanol–water partition coefficient (Wildman–Crippen LogP) is 1.56. The van der Waals surface area contributed by atoms with Crippen molar-refractivity contribution in [2.45, 2.75) is 13.0 Å². The Hall–Kier alpha value is -2.40. The van der Waals surface area contributed by atoms with Crippen LogP contribution in [0.5, 0.6) is 5.75 Å². The Labute approximate surface area is 115 Å². The highest BCUT2D eigenvalue weighted by Crippen LogP contribution is 2.34. The molecule has 0 saturated carbocycles. The summed E-state index contributed by atoms with van der Waals surface area (Å²) in [5, 5.41) is 19.5. The molecule has 2 N–H and O–H groups in total. The summed E-state index contributed by atoms with van der Waals surface area (Å²) >= 11 is 0. The lowest BCUT2D eigenvalue weighted by atomic mass is 9.87. The molecule has 0 radical (unpaired) electrons. The van der Waals surface area contributed by atoms with Gasteiger partial charge in [0.25, 0.3) is 0 Å². The first-order valence-corrected chi connectivity index (χ1v) is 6.22. The zero-order valence-corrected chi connectivity index (χ0v) is 11.0. The normalized spacial score (nSPS) is 14.9. The number of aromatic nitrogens is 1. The minimum Gasteiger partial charge on any atom is -0.507 e. The second kappa shape index (κ2) is 4.05. The van der Waals surface area contributed by atoms with Crippen molar-refractivity contribution in [1.82, 2.24) is 4.57 Å². The van der Waals surface area contributed by atoms with Gasteiger partial charge >= 0.3 is 0 Å². The molecule has 5 heteroatoms. The van der Waals surface area contributed by atoms with Crippen LogP contribution in [0.4, 0.5) is 0 Å². The molecule has 0 spiro atoms. The van der Waals surface area contributed by atoms with Gasteiger partial charge in [0.1, 0.15) is 11.4 Å². The molecule has 1 aliphatic rings. The quantitative estimate of drug-likeness (QED) is 0.704. The average molecular weight is 271 g/mol. The van der Waals surface area contributed by atoms with Gasteiger partial charge < -0.3 is 14.8 Å². The van der Waals surface area contributed by atoms with Gasteiger partial charge in [0, 0.05) is 18.3 Å². The first kappa shape index (κ1) is 12.6. The van der Waals surface area contributed by atoms with E-state index in [1.165, 1.54) is 28.8 Å². The van der Waals surface area contributed by atoms with Gasteiger partial charge in [0.15, 0.2) is 5.78 Å². The maximum absolute atomic E-state index is 12.5. The molecule has 5 nitrogen and oxygen atoms in total. The van der Waals surface area contributed by atoms with Gasteiger partial charge in [-0.15, -0.1) is 0 Å². The van der Waals surface area contributed by atoms with Crippen LogP contribution in [0.15, 0.2) is 24.3 Å². The van der Waals surface area contributed by atoms with E-state index in [2.05, 4.69) is 0 Å². The summed E-state index contributed by atoms with van der Waals surface area (Å²) in [5.41, 5.74) is 1.20. The molecule has 1 heterocycles. The van der Waals surface area contributed by atoms with Crippen molar-refractivity contribution in [3.63, 3.8) is 0 Å². The topological polar surface area (TPSA) is 79.5 Å². The van der Waals surface area contributed by atoms with Gasteiger partial charge in [0.2, 0.25) is 5.78 Å². The van der Waals surface area contributed by atoms with E-state index in [9.17, 15) is 19.8 Å². The van der Waals surface area contributed by atoms with Crippen LogP contribution in [0.2, 0.25) is 0 Å². The van der Waals surface area contributed by atoms with Crippen LogP contribution in [0.3, 0.4) is 0 Å². The third-order valence-corrected chi connectivity index (χ3v) is 3.67. The monoisotopic (exact) mass is 271 g/mol. The fraction of sp³-hybridized carbons (Fsp3) is 0.200. The number of aliphatic hydroxyl groups excluding tert-OH is 1. The number of carbonyl (C=O) groups excluding carboxylic acids is 2. The van der Waals surface area contributed by atoms with Crippen LogP contribution in [0.1, 0.15) is 50.7 Å². The van der Waals surface area contributed by atoms with E-state index in [1.807, 2.05) is 0 Å². The zero-order chi connectivity index (χ0) is 14.6. The van der Waals surface area contributed by atoms with Gasteiger partial charge in [-0.1, -0.05) is 6.07 Å². The number of hydrogen-bond acceptors (Lipinski definition) is 4. The smallest absolute Gasteiger partial charge is 0.211 e. The van der Waals surface area contributed by atoms with Gasteiger partial charge in [0.05, 0.1) is 17.2 Å². The van der Waals surface area contributed by atoms with E-state index in [1.54, 1.807) is 14.0 Å². The Morgan fingerprint density at radius 1 is 1.15 bits per heavy atom. The van der Waals surface area contributed by atoms with Gasteiger partial charge in [-0.05, 0) is 25.1 Å².